The standard InChI is InChI=1S/C13H13BrN2O3S/c1-7-11(12(17)19-3)16-13(20-7)15-10-6-8(18-2)4-5-9(10)14/h4-6H,1-3H3,(H,15,16). The van der Waals surface area contributed by atoms with E-state index in [-0.39, 0.29) is 0 Å². The first-order valence-corrected chi connectivity index (χ1v) is 7.32. The predicted molar refractivity (Wildman–Crippen MR) is 82.2 cm³/mol. The SMILES string of the molecule is COC(=O)c1nc(Nc2cc(OC)ccc2Br)sc1C. The Kier molecular flexibility index (Phi) is 4.61. The van der Waals surface area contributed by atoms with E-state index >= 15 is 0 Å². The van der Waals surface area contributed by atoms with Crippen LogP contribution in [0.5, 0.6) is 5.75 Å². The zero-order chi connectivity index (χ0) is 14.7. The highest BCUT2D eigenvalue weighted by molar-refractivity contribution is 9.10. The highest BCUT2D eigenvalue weighted by atomic mass is 79.9. The summed E-state index contributed by atoms with van der Waals surface area (Å²) < 4.78 is 10.7. The summed E-state index contributed by atoms with van der Waals surface area (Å²) in [6.07, 6.45) is 0. The number of carbonyl (C=O) groups excluding carboxylic acids is 1. The molecule has 106 valence electrons. The van der Waals surface area contributed by atoms with Gasteiger partial charge in [0.25, 0.3) is 0 Å². The first-order valence-electron chi connectivity index (χ1n) is 5.71. The number of ether oxygens (including phenoxy) is 2. The summed E-state index contributed by atoms with van der Waals surface area (Å²) in [6.45, 7) is 1.83. The maximum absolute atomic E-state index is 11.5. The van der Waals surface area contributed by atoms with Crippen molar-refractivity contribution < 1.29 is 14.3 Å². The molecule has 0 spiro atoms. The minimum absolute atomic E-state index is 0.332. The van der Waals surface area contributed by atoms with Crippen molar-refractivity contribution in [3.05, 3.63) is 33.2 Å². The molecule has 0 unspecified atom stereocenters. The monoisotopic (exact) mass is 356 g/mol. The van der Waals surface area contributed by atoms with Crippen molar-refractivity contribution in [2.45, 2.75) is 6.92 Å². The van der Waals surface area contributed by atoms with Gasteiger partial charge in [-0.2, -0.15) is 0 Å². The number of hydrogen-bond acceptors (Lipinski definition) is 6. The van der Waals surface area contributed by atoms with Crippen LogP contribution in [0, 0.1) is 6.92 Å². The summed E-state index contributed by atoms with van der Waals surface area (Å²) in [4.78, 5) is 16.6. The largest absolute Gasteiger partial charge is 0.497 e. The molecule has 5 nitrogen and oxygen atoms in total. The summed E-state index contributed by atoms with van der Waals surface area (Å²) in [5, 5.41) is 3.78. The Morgan fingerprint density at radius 3 is 2.80 bits per heavy atom. The van der Waals surface area contributed by atoms with E-state index in [1.54, 1.807) is 7.11 Å². The quantitative estimate of drug-likeness (QED) is 0.845. The van der Waals surface area contributed by atoms with Gasteiger partial charge in [0, 0.05) is 15.4 Å². The number of thiazole rings is 1. The fourth-order valence-corrected chi connectivity index (χ4v) is 2.74. The van der Waals surface area contributed by atoms with Crippen LogP contribution in [0.3, 0.4) is 0 Å². The van der Waals surface area contributed by atoms with Crippen molar-refractivity contribution in [3.8, 4) is 5.75 Å². The van der Waals surface area contributed by atoms with Crippen LogP contribution in [0.25, 0.3) is 0 Å². The molecule has 0 saturated carbocycles. The second-order valence-corrected chi connectivity index (χ2v) is 5.94. The van der Waals surface area contributed by atoms with Crippen molar-refractivity contribution in [1.29, 1.82) is 0 Å². The zero-order valence-electron chi connectivity index (χ0n) is 11.2. The number of carbonyl (C=O) groups is 1. The number of nitrogens with one attached hydrogen (secondary N) is 1. The first-order chi connectivity index (χ1) is 9.55. The number of aryl methyl sites for hydroxylation is 1. The molecule has 7 heteroatoms. The summed E-state index contributed by atoms with van der Waals surface area (Å²) >= 11 is 4.84. The number of rotatable bonds is 4. The molecule has 0 bridgehead atoms. The lowest BCUT2D eigenvalue weighted by Gasteiger charge is -2.07. The van der Waals surface area contributed by atoms with Gasteiger partial charge in [0.1, 0.15) is 5.75 Å². The highest BCUT2D eigenvalue weighted by Crippen LogP contribution is 2.32. The van der Waals surface area contributed by atoms with Gasteiger partial charge in [-0.1, -0.05) is 0 Å². The molecule has 2 aromatic rings. The Balaban J connectivity index is 2.28. The first kappa shape index (κ1) is 14.8. The Hall–Kier alpha value is -1.60. The molecule has 0 aliphatic heterocycles. The third kappa shape index (κ3) is 3.10. The number of benzene rings is 1. The molecule has 1 aromatic carbocycles. The van der Waals surface area contributed by atoms with Gasteiger partial charge in [-0.05, 0) is 35.0 Å². The van der Waals surface area contributed by atoms with Gasteiger partial charge in [-0.25, -0.2) is 9.78 Å². The van der Waals surface area contributed by atoms with Gasteiger partial charge >= 0.3 is 5.97 Å². The predicted octanol–water partition coefficient (Wildman–Crippen LogP) is 3.75. The van der Waals surface area contributed by atoms with Crippen LogP contribution in [0.1, 0.15) is 15.4 Å². The van der Waals surface area contributed by atoms with Crippen molar-refractivity contribution in [1.82, 2.24) is 4.98 Å². The van der Waals surface area contributed by atoms with Crippen molar-refractivity contribution in [2.75, 3.05) is 19.5 Å². The molecule has 0 atom stereocenters. The lowest BCUT2D eigenvalue weighted by Crippen LogP contribution is -2.03. The third-order valence-electron chi connectivity index (χ3n) is 2.59. The number of anilines is 2. The van der Waals surface area contributed by atoms with Gasteiger partial charge in [-0.3, -0.25) is 0 Å². The van der Waals surface area contributed by atoms with Crippen LogP contribution in [0.15, 0.2) is 22.7 Å². The number of halogens is 1. The molecule has 1 N–H and O–H groups in total. The van der Waals surface area contributed by atoms with Crippen molar-refractivity contribution >= 4 is 44.1 Å². The van der Waals surface area contributed by atoms with E-state index in [9.17, 15) is 4.79 Å². The second-order valence-electron chi connectivity index (χ2n) is 3.89. The van der Waals surface area contributed by atoms with E-state index in [2.05, 4.69) is 31.0 Å². The number of esters is 1. The van der Waals surface area contributed by atoms with Crippen LogP contribution in [-0.4, -0.2) is 25.2 Å². The molecule has 0 amide bonds. The van der Waals surface area contributed by atoms with E-state index in [0.717, 1.165) is 20.8 Å². The van der Waals surface area contributed by atoms with Crippen molar-refractivity contribution in [3.63, 3.8) is 0 Å². The Morgan fingerprint density at radius 1 is 1.40 bits per heavy atom. The van der Waals surface area contributed by atoms with E-state index in [0.29, 0.717) is 10.8 Å². The number of methoxy groups -OCH3 is 2. The normalized spacial score (nSPS) is 10.2. The molecule has 0 radical (unpaired) electrons. The van der Waals surface area contributed by atoms with Gasteiger partial charge < -0.3 is 14.8 Å². The lowest BCUT2D eigenvalue weighted by molar-refractivity contribution is 0.0594. The van der Waals surface area contributed by atoms with Crippen LogP contribution in [0.4, 0.5) is 10.8 Å². The molecule has 2 rings (SSSR count). The molecule has 20 heavy (non-hydrogen) atoms. The lowest BCUT2D eigenvalue weighted by atomic mass is 10.3. The maximum Gasteiger partial charge on any atom is 0.357 e. The number of nitrogens with zero attached hydrogens (tertiary/aromatic N) is 1. The molecule has 0 fully saturated rings. The Morgan fingerprint density at radius 2 is 2.15 bits per heavy atom. The van der Waals surface area contributed by atoms with Gasteiger partial charge in [0.15, 0.2) is 10.8 Å². The molecule has 1 heterocycles. The smallest absolute Gasteiger partial charge is 0.357 e. The average Bonchev–Trinajstić information content (AvgIpc) is 2.81. The second kappa shape index (κ2) is 6.23. The third-order valence-corrected chi connectivity index (χ3v) is 4.17. The summed E-state index contributed by atoms with van der Waals surface area (Å²) in [5.74, 6) is 0.300. The topological polar surface area (TPSA) is 60.5 Å². The van der Waals surface area contributed by atoms with Crippen LogP contribution >= 0.6 is 27.3 Å². The van der Waals surface area contributed by atoms with Crippen LogP contribution in [-0.2, 0) is 4.74 Å². The van der Waals surface area contributed by atoms with Gasteiger partial charge in [-0.15, -0.1) is 11.3 Å². The molecule has 0 aliphatic rings. The van der Waals surface area contributed by atoms with Gasteiger partial charge in [0.2, 0.25) is 0 Å². The number of hydrogen-bond donors (Lipinski definition) is 1. The van der Waals surface area contributed by atoms with Crippen LogP contribution in [0.2, 0.25) is 0 Å². The van der Waals surface area contributed by atoms with E-state index in [4.69, 9.17) is 4.74 Å². The van der Waals surface area contributed by atoms with Crippen molar-refractivity contribution in [2.24, 2.45) is 0 Å². The van der Waals surface area contributed by atoms with Gasteiger partial charge in [0.05, 0.1) is 19.9 Å². The maximum atomic E-state index is 11.5. The van der Waals surface area contributed by atoms with E-state index < -0.39 is 5.97 Å². The molecule has 0 aliphatic carbocycles. The molecule has 0 saturated heterocycles. The average molecular weight is 357 g/mol. The molecule has 1 aromatic heterocycles. The molecular formula is C13H13BrN2O3S. The summed E-state index contributed by atoms with van der Waals surface area (Å²) in [7, 11) is 2.95. The summed E-state index contributed by atoms with van der Waals surface area (Å²) in [6, 6.07) is 5.57. The van der Waals surface area contributed by atoms with E-state index in [1.165, 1.54) is 18.4 Å². The minimum Gasteiger partial charge on any atom is -0.497 e. The number of aromatic nitrogens is 1. The Bertz CT molecular complexity index is 643. The Labute approximate surface area is 129 Å². The van der Waals surface area contributed by atoms with E-state index in [1.807, 2.05) is 25.1 Å². The fourth-order valence-electron chi connectivity index (χ4n) is 1.58. The van der Waals surface area contributed by atoms with Crippen LogP contribution < -0.4 is 10.1 Å². The minimum atomic E-state index is -0.434. The highest BCUT2D eigenvalue weighted by Gasteiger charge is 2.16. The molecular weight excluding hydrogens is 344 g/mol. The fraction of sp³-hybridized carbons (Fsp3) is 0.231. The zero-order valence-corrected chi connectivity index (χ0v) is 13.6. The summed E-state index contributed by atoms with van der Waals surface area (Å²) in [5.41, 5.74) is 1.15.